The van der Waals surface area contributed by atoms with E-state index in [0.29, 0.717) is 17.7 Å². The fourth-order valence-corrected chi connectivity index (χ4v) is 1.96. The number of nitrogens with two attached hydrogens (primary N) is 1. The number of nitrogens with one attached hydrogen (secondary N) is 1. The van der Waals surface area contributed by atoms with Gasteiger partial charge in [-0.15, -0.1) is 0 Å². The van der Waals surface area contributed by atoms with Gasteiger partial charge in [0.15, 0.2) is 0 Å². The average molecular weight is 297 g/mol. The van der Waals surface area contributed by atoms with Crippen LogP contribution in [0.1, 0.15) is 22.5 Å². The maximum Gasteiger partial charge on any atom is 0.354 e. The van der Waals surface area contributed by atoms with Crippen molar-refractivity contribution in [3.63, 3.8) is 0 Å². The van der Waals surface area contributed by atoms with Gasteiger partial charge in [0, 0.05) is 24.9 Å². The summed E-state index contributed by atoms with van der Waals surface area (Å²) in [6.07, 6.45) is 1.70. The Labute approximate surface area is 119 Å². The van der Waals surface area contributed by atoms with E-state index in [1.165, 1.54) is 24.0 Å². The van der Waals surface area contributed by atoms with Crippen LogP contribution in [-0.4, -0.2) is 39.4 Å². The third kappa shape index (κ3) is 6.19. The molecule has 20 heavy (non-hydrogen) atoms. The molecule has 0 aliphatic heterocycles. The third-order valence-electron chi connectivity index (χ3n) is 2.25. The summed E-state index contributed by atoms with van der Waals surface area (Å²) < 4.78 is 0. The summed E-state index contributed by atoms with van der Waals surface area (Å²) in [4.78, 5) is 36.3. The summed E-state index contributed by atoms with van der Waals surface area (Å²) in [5.41, 5.74) is 5.65. The summed E-state index contributed by atoms with van der Waals surface area (Å²) >= 11 is 1.30. The minimum Gasteiger partial charge on any atom is -0.477 e. The van der Waals surface area contributed by atoms with Crippen molar-refractivity contribution in [1.29, 1.82) is 0 Å². The molecule has 7 nitrogen and oxygen atoms in total. The number of carbonyl (C=O) groups is 3. The van der Waals surface area contributed by atoms with Gasteiger partial charge in [0.25, 0.3) is 0 Å². The topological polar surface area (TPSA) is 122 Å². The second kappa shape index (κ2) is 8.16. The van der Waals surface area contributed by atoms with E-state index in [1.807, 2.05) is 0 Å². The molecule has 0 spiro atoms. The molecule has 0 saturated carbocycles. The minimum atomic E-state index is -1.09. The van der Waals surface area contributed by atoms with Crippen molar-refractivity contribution in [3.05, 3.63) is 29.6 Å². The number of primary amides is 1. The van der Waals surface area contributed by atoms with Gasteiger partial charge < -0.3 is 16.2 Å². The van der Waals surface area contributed by atoms with Gasteiger partial charge in [-0.1, -0.05) is 6.07 Å². The number of carboxylic acid groups (broad SMARTS) is 1. The van der Waals surface area contributed by atoms with Gasteiger partial charge in [-0.25, -0.2) is 9.78 Å². The first-order chi connectivity index (χ1) is 9.49. The highest BCUT2D eigenvalue weighted by Gasteiger charge is 2.05. The van der Waals surface area contributed by atoms with Gasteiger partial charge in [0.2, 0.25) is 11.8 Å². The van der Waals surface area contributed by atoms with Crippen LogP contribution in [0.4, 0.5) is 0 Å². The number of nitrogens with zero attached hydrogens (tertiary/aromatic N) is 1. The Hall–Kier alpha value is -2.09. The molecular weight excluding hydrogens is 282 g/mol. The molecule has 0 aliphatic rings. The van der Waals surface area contributed by atoms with E-state index in [0.717, 1.165) is 0 Å². The van der Waals surface area contributed by atoms with Crippen LogP contribution in [0.25, 0.3) is 0 Å². The van der Waals surface area contributed by atoms with Crippen LogP contribution in [0.3, 0.4) is 0 Å². The molecule has 0 unspecified atom stereocenters. The van der Waals surface area contributed by atoms with Crippen LogP contribution in [0.5, 0.6) is 0 Å². The lowest BCUT2D eigenvalue weighted by Gasteiger charge is -2.05. The molecule has 1 heterocycles. The van der Waals surface area contributed by atoms with E-state index in [-0.39, 0.29) is 23.9 Å². The van der Waals surface area contributed by atoms with Crippen molar-refractivity contribution in [2.45, 2.75) is 13.0 Å². The number of aromatic nitrogens is 1. The van der Waals surface area contributed by atoms with E-state index >= 15 is 0 Å². The lowest BCUT2D eigenvalue weighted by atomic mass is 10.2. The second-order valence-electron chi connectivity index (χ2n) is 3.90. The van der Waals surface area contributed by atoms with Crippen molar-refractivity contribution in [2.75, 3.05) is 11.5 Å². The van der Waals surface area contributed by atoms with E-state index in [4.69, 9.17) is 10.8 Å². The molecule has 0 radical (unpaired) electrons. The molecule has 0 fully saturated rings. The maximum atomic E-state index is 11.5. The lowest BCUT2D eigenvalue weighted by Crippen LogP contribution is -2.23. The van der Waals surface area contributed by atoms with Crippen LogP contribution in [0.2, 0.25) is 0 Å². The number of carbonyl (C=O) groups excluding carboxylic acids is 2. The van der Waals surface area contributed by atoms with Gasteiger partial charge in [-0.05, 0) is 11.6 Å². The summed E-state index contributed by atoms with van der Waals surface area (Å²) in [5, 5.41) is 11.4. The zero-order chi connectivity index (χ0) is 15.0. The molecule has 0 bridgehead atoms. The molecule has 108 valence electrons. The third-order valence-corrected chi connectivity index (χ3v) is 3.23. The molecular formula is C12H15N3O4S. The van der Waals surface area contributed by atoms with Crippen molar-refractivity contribution in [1.82, 2.24) is 10.3 Å². The fourth-order valence-electron chi connectivity index (χ4n) is 1.28. The van der Waals surface area contributed by atoms with E-state index < -0.39 is 11.9 Å². The predicted molar refractivity (Wildman–Crippen MR) is 74.2 cm³/mol. The maximum absolute atomic E-state index is 11.5. The quantitative estimate of drug-likeness (QED) is 0.581. The summed E-state index contributed by atoms with van der Waals surface area (Å²) in [5.74, 6) is -0.921. The Bertz CT molecular complexity index is 490. The first kappa shape index (κ1) is 16.0. The van der Waals surface area contributed by atoms with Crippen LogP contribution in [0, 0.1) is 0 Å². The Morgan fingerprint density at radius 2 is 2.10 bits per heavy atom. The van der Waals surface area contributed by atoms with E-state index in [9.17, 15) is 14.4 Å². The largest absolute Gasteiger partial charge is 0.477 e. The average Bonchev–Trinajstić information content (AvgIpc) is 2.41. The lowest BCUT2D eigenvalue weighted by molar-refractivity contribution is -0.121. The number of thioether (sulfide) groups is 1. The highest BCUT2D eigenvalue weighted by atomic mass is 32.2. The summed E-state index contributed by atoms with van der Waals surface area (Å²) in [6.45, 7) is 0.284. The Kier molecular flexibility index (Phi) is 6.51. The summed E-state index contributed by atoms with van der Waals surface area (Å²) in [6, 6.07) is 2.98. The molecule has 1 aromatic rings. The number of amides is 2. The first-order valence-corrected chi connectivity index (χ1v) is 6.95. The van der Waals surface area contributed by atoms with E-state index in [1.54, 1.807) is 6.07 Å². The van der Waals surface area contributed by atoms with Crippen LogP contribution >= 0.6 is 11.8 Å². The molecule has 4 N–H and O–H groups in total. The number of rotatable bonds is 8. The number of carboxylic acids is 1. The zero-order valence-electron chi connectivity index (χ0n) is 10.7. The molecule has 0 saturated heterocycles. The zero-order valence-corrected chi connectivity index (χ0v) is 11.5. The number of aromatic carboxylic acids is 1. The van der Waals surface area contributed by atoms with E-state index in [2.05, 4.69) is 10.3 Å². The number of hydrogen-bond donors (Lipinski definition) is 3. The molecule has 1 rings (SSSR count). The van der Waals surface area contributed by atoms with Gasteiger partial charge in [-0.3, -0.25) is 9.59 Å². The molecule has 0 aliphatic carbocycles. The molecule has 2 amide bonds. The standard InChI is InChI=1S/C12H15N3O4S/c13-10(16)7-20-4-3-11(17)15-6-8-1-2-9(12(18)19)14-5-8/h1-2,5H,3-4,6-7H2,(H2,13,16)(H,15,17)(H,18,19). The van der Waals surface area contributed by atoms with Gasteiger partial charge in [-0.2, -0.15) is 11.8 Å². The van der Waals surface area contributed by atoms with Crippen molar-refractivity contribution in [2.24, 2.45) is 5.73 Å². The SMILES string of the molecule is NC(=O)CSCCC(=O)NCc1ccc(C(=O)O)nc1. The molecule has 0 atom stereocenters. The summed E-state index contributed by atoms with van der Waals surface area (Å²) in [7, 11) is 0. The number of pyridine rings is 1. The number of hydrogen-bond acceptors (Lipinski definition) is 5. The van der Waals surface area contributed by atoms with Crippen molar-refractivity contribution < 1.29 is 19.5 Å². The van der Waals surface area contributed by atoms with Crippen LogP contribution < -0.4 is 11.1 Å². The predicted octanol–water partition coefficient (Wildman–Crippen LogP) is 0.00460. The molecule has 1 aromatic heterocycles. The fraction of sp³-hybridized carbons (Fsp3) is 0.333. The molecule has 8 heteroatoms. The van der Waals surface area contributed by atoms with Gasteiger partial charge in [0.1, 0.15) is 5.69 Å². The molecule has 0 aromatic carbocycles. The Morgan fingerprint density at radius 3 is 2.65 bits per heavy atom. The smallest absolute Gasteiger partial charge is 0.354 e. The van der Waals surface area contributed by atoms with Gasteiger partial charge >= 0.3 is 5.97 Å². The second-order valence-corrected chi connectivity index (χ2v) is 5.01. The van der Waals surface area contributed by atoms with Crippen molar-refractivity contribution >= 4 is 29.5 Å². The van der Waals surface area contributed by atoms with Crippen LogP contribution in [0.15, 0.2) is 18.3 Å². The highest BCUT2D eigenvalue weighted by molar-refractivity contribution is 7.99. The monoisotopic (exact) mass is 297 g/mol. The Morgan fingerprint density at radius 1 is 1.35 bits per heavy atom. The minimum absolute atomic E-state index is 0.0390. The normalized spacial score (nSPS) is 10.0. The Balaban J connectivity index is 2.26. The van der Waals surface area contributed by atoms with Gasteiger partial charge in [0.05, 0.1) is 5.75 Å². The highest BCUT2D eigenvalue weighted by Crippen LogP contribution is 2.03. The van der Waals surface area contributed by atoms with Crippen LogP contribution in [-0.2, 0) is 16.1 Å². The van der Waals surface area contributed by atoms with Crippen molar-refractivity contribution in [3.8, 4) is 0 Å². The first-order valence-electron chi connectivity index (χ1n) is 5.80.